The third-order valence-electron chi connectivity index (χ3n) is 3.06. The van der Waals surface area contributed by atoms with Crippen molar-refractivity contribution in [1.29, 1.82) is 0 Å². The zero-order valence-electron chi connectivity index (χ0n) is 7.97. The van der Waals surface area contributed by atoms with Gasteiger partial charge in [-0.05, 0) is 18.3 Å². The molecular weight excluding hydrogens is 209 g/mol. The third-order valence-corrected chi connectivity index (χ3v) is 3.06. The Kier molecular flexibility index (Phi) is 3.93. The number of amides is 1. The molecule has 0 aliphatic heterocycles. The summed E-state index contributed by atoms with van der Waals surface area (Å²) in [6.07, 6.45) is 4.47. The van der Waals surface area contributed by atoms with Crippen LogP contribution in [0.25, 0.3) is 0 Å². The Hall–Kier alpha value is 0.316. The molecular formula is C9H10KNO3. The average Bonchev–Trinajstić information content (AvgIpc) is 2.60. The van der Waals surface area contributed by atoms with Crippen LogP contribution in [0.1, 0.15) is 6.42 Å². The molecule has 2 aliphatic rings. The summed E-state index contributed by atoms with van der Waals surface area (Å²) in [5.41, 5.74) is 5.15. The minimum absolute atomic E-state index is 0. The number of hydrogen-bond acceptors (Lipinski definition) is 3. The molecule has 1 saturated carbocycles. The van der Waals surface area contributed by atoms with Gasteiger partial charge >= 0.3 is 51.4 Å². The minimum atomic E-state index is -1.15. The number of aliphatic carboxylic acids is 1. The molecule has 0 aromatic carbocycles. The normalized spacial score (nSPS) is 38.0. The summed E-state index contributed by atoms with van der Waals surface area (Å²) < 4.78 is 0. The zero-order chi connectivity index (χ0) is 9.59. The number of allylic oxidation sites excluding steroid dienone is 2. The molecule has 0 aromatic heterocycles. The van der Waals surface area contributed by atoms with Gasteiger partial charge in [0.1, 0.15) is 0 Å². The van der Waals surface area contributed by atoms with E-state index in [1.165, 1.54) is 0 Å². The van der Waals surface area contributed by atoms with E-state index in [2.05, 4.69) is 0 Å². The van der Waals surface area contributed by atoms with E-state index in [9.17, 15) is 14.7 Å². The second-order valence-corrected chi connectivity index (χ2v) is 3.72. The van der Waals surface area contributed by atoms with Crippen LogP contribution in [-0.4, -0.2) is 11.9 Å². The van der Waals surface area contributed by atoms with E-state index >= 15 is 0 Å². The van der Waals surface area contributed by atoms with Gasteiger partial charge < -0.3 is 15.6 Å². The van der Waals surface area contributed by atoms with E-state index in [0.29, 0.717) is 0 Å². The molecule has 0 saturated heterocycles. The maximum absolute atomic E-state index is 11.0. The second kappa shape index (κ2) is 4.45. The fourth-order valence-corrected chi connectivity index (χ4v) is 2.53. The van der Waals surface area contributed by atoms with Gasteiger partial charge in [-0.2, -0.15) is 0 Å². The van der Waals surface area contributed by atoms with Gasteiger partial charge in [-0.3, -0.25) is 4.79 Å². The van der Waals surface area contributed by atoms with Gasteiger partial charge in [0, 0.05) is 11.9 Å². The van der Waals surface area contributed by atoms with Crippen LogP contribution in [0.4, 0.5) is 0 Å². The molecule has 2 bridgehead atoms. The average molecular weight is 219 g/mol. The second-order valence-electron chi connectivity index (χ2n) is 3.72. The predicted octanol–water partition coefficient (Wildman–Crippen LogP) is -4.34. The summed E-state index contributed by atoms with van der Waals surface area (Å²) in [7, 11) is 0. The van der Waals surface area contributed by atoms with Gasteiger partial charge in [0.25, 0.3) is 0 Å². The molecule has 14 heavy (non-hydrogen) atoms. The summed E-state index contributed by atoms with van der Waals surface area (Å²) in [6, 6.07) is 0. The number of carboxylic acids is 1. The largest absolute Gasteiger partial charge is 1.00 e. The Balaban J connectivity index is 0.000000980. The summed E-state index contributed by atoms with van der Waals surface area (Å²) in [5, 5.41) is 10.8. The van der Waals surface area contributed by atoms with Gasteiger partial charge in [0.2, 0.25) is 5.91 Å². The summed E-state index contributed by atoms with van der Waals surface area (Å²) in [5.74, 6) is -2.96. The molecule has 0 aromatic rings. The topological polar surface area (TPSA) is 83.2 Å². The van der Waals surface area contributed by atoms with Crippen molar-refractivity contribution in [3.8, 4) is 0 Å². The Morgan fingerprint density at radius 2 is 1.71 bits per heavy atom. The summed E-state index contributed by atoms with van der Waals surface area (Å²) >= 11 is 0. The van der Waals surface area contributed by atoms with Crippen molar-refractivity contribution in [3.63, 3.8) is 0 Å². The number of hydrogen-bond donors (Lipinski definition) is 1. The van der Waals surface area contributed by atoms with E-state index < -0.39 is 23.7 Å². The van der Waals surface area contributed by atoms with Crippen molar-refractivity contribution < 1.29 is 66.1 Å². The van der Waals surface area contributed by atoms with Crippen LogP contribution >= 0.6 is 0 Å². The molecule has 70 valence electrons. The van der Waals surface area contributed by atoms with Gasteiger partial charge in [-0.1, -0.05) is 12.2 Å². The van der Waals surface area contributed by atoms with E-state index in [-0.39, 0.29) is 63.2 Å². The van der Waals surface area contributed by atoms with Crippen LogP contribution < -0.4 is 62.2 Å². The quantitative estimate of drug-likeness (QED) is 0.376. The molecule has 2 N–H and O–H groups in total. The molecule has 4 unspecified atom stereocenters. The first kappa shape index (κ1) is 12.4. The molecule has 0 heterocycles. The van der Waals surface area contributed by atoms with E-state index in [1.54, 1.807) is 0 Å². The monoisotopic (exact) mass is 219 g/mol. The number of primary amides is 1. The fourth-order valence-electron chi connectivity index (χ4n) is 2.53. The van der Waals surface area contributed by atoms with Crippen molar-refractivity contribution >= 4 is 11.9 Å². The van der Waals surface area contributed by atoms with Crippen molar-refractivity contribution in [1.82, 2.24) is 0 Å². The minimum Gasteiger partial charge on any atom is -0.550 e. The zero-order valence-corrected chi connectivity index (χ0v) is 11.1. The van der Waals surface area contributed by atoms with Crippen molar-refractivity contribution in [2.24, 2.45) is 29.4 Å². The molecule has 4 nitrogen and oxygen atoms in total. The third kappa shape index (κ3) is 1.84. The van der Waals surface area contributed by atoms with Gasteiger partial charge in [0.05, 0.1) is 5.92 Å². The molecule has 4 atom stereocenters. The SMILES string of the molecule is NC(=O)C1C2C=CC(C2)C1C(=O)[O-].[K+]. The van der Waals surface area contributed by atoms with E-state index in [0.717, 1.165) is 6.42 Å². The summed E-state index contributed by atoms with van der Waals surface area (Å²) in [4.78, 5) is 21.8. The van der Waals surface area contributed by atoms with Crippen LogP contribution in [0.5, 0.6) is 0 Å². The Morgan fingerprint density at radius 1 is 1.21 bits per heavy atom. The van der Waals surface area contributed by atoms with Crippen LogP contribution in [0.15, 0.2) is 12.2 Å². The Bertz CT molecular complexity index is 274. The van der Waals surface area contributed by atoms with Crippen LogP contribution in [0, 0.1) is 23.7 Å². The molecule has 1 fully saturated rings. The van der Waals surface area contributed by atoms with Crippen molar-refractivity contribution in [2.45, 2.75) is 6.42 Å². The fraction of sp³-hybridized carbons (Fsp3) is 0.556. The predicted molar refractivity (Wildman–Crippen MR) is 41.9 cm³/mol. The Labute approximate surface area is 124 Å². The number of fused-ring (bicyclic) bond motifs is 2. The smallest absolute Gasteiger partial charge is 0.550 e. The number of rotatable bonds is 2. The summed E-state index contributed by atoms with van der Waals surface area (Å²) in [6.45, 7) is 0. The maximum atomic E-state index is 11.0. The van der Waals surface area contributed by atoms with Crippen molar-refractivity contribution in [2.75, 3.05) is 0 Å². The van der Waals surface area contributed by atoms with Crippen LogP contribution in [0.3, 0.4) is 0 Å². The first-order valence-electron chi connectivity index (χ1n) is 4.29. The molecule has 0 radical (unpaired) electrons. The maximum Gasteiger partial charge on any atom is 1.00 e. The first-order valence-corrected chi connectivity index (χ1v) is 4.29. The molecule has 0 spiro atoms. The first-order chi connectivity index (χ1) is 6.11. The van der Waals surface area contributed by atoms with E-state index in [4.69, 9.17) is 5.73 Å². The molecule has 2 rings (SSSR count). The van der Waals surface area contributed by atoms with E-state index in [1.807, 2.05) is 12.2 Å². The Morgan fingerprint density at radius 3 is 2.07 bits per heavy atom. The van der Waals surface area contributed by atoms with Crippen molar-refractivity contribution in [3.05, 3.63) is 12.2 Å². The number of carbonyl (C=O) groups excluding carboxylic acids is 2. The molecule has 5 heteroatoms. The molecule has 2 aliphatic carbocycles. The van der Waals surface area contributed by atoms with Gasteiger partial charge in [0.15, 0.2) is 0 Å². The van der Waals surface area contributed by atoms with Crippen LogP contribution in [0.2, 0.25) is 0 Å². The van der Waals surface area contributed by atoms with Gasteiger partial charge in [-0.25, -0.2) is 0 Å². The number of nitrogens with two attached hydrogens (primary N) is 1. The number of carbonyl (C=O) groups is 2. The van der Waals surface area contributed by atoms with Crippen LogP contribution in [-0.2, 0) is 9.59 Å². The molecule has 1 amide bonds. The van der Waals surface area contributed by atoms with Gasteiger partial charge in [-0.15, -0.1) is 0 Å². The standard InChI is InChI=1S/C9H11NO3.K/c10-8(11)6-4-1-2-5(3-4)7(6)9(12)13;/h1-2,4-7H,3H2,(H2,10,11)(H,12,13);/q;+1/p-1. The number of carboxylic acid groups (broad SMARTS) is 1.